The number of nitrogens with one attached hydrogen (secondary N) is 2. The maximum absolute atomic E-state index is 15.2. The number of anilines is 1. The number of hydrogen-bond acceptors (Lipinski definition) is 9. The van der Waals surface area contributed by atoms with Crippen molar-refractivity contribution >= 4 is 17.7 Å². The highest BCUT2D eigenvalue weighted by atomic mass is 19.1. The molecule has 0 radical (unpaired) electrons. The van der Waals surface area contributed by atoms with Crippen LogP contribution in [0.4, 0.5) is 14.9 Å². The number of guanidine groups is 1. The molecule has 1 saturated heterocycles. The third kappa shape index (κ3) is 8.15. The number of fused-ring (bicyclic) bond motifs is 1. The van der Waals surface area contributed by atoms with Crippen molar-refractivity contribution in [1.29, 1.82) is 0 Å². The molecule has 248 valence electrons. The average Bonchev–Trinajstić information content (AvgIpc) is 3.52. The van der Waals surface area contributed by atoms with Gasteiger partial charge in [0.25, 0.3) is 0 Å². The molecule has 3 aliphatic rings. The van der Waals surface area contributed by atoms with Crippen LogP contribution in [0, 0.1) is 26.6 Å². The molecule has 1 amide bonds. The van der Waals surface area contributed by atoms with Crippen LogP contribution < -0.4 is 29.6 Å². The van der Waals surface area contributed by atoms with Crippen LogP contribution in [0.25, 0.3) is 0 Å². The van der Waals surface area contributed by atoms with Gasteiger partial charge in [0.05, 0.1) is 6.61 Å². The van der Waals surface area contributed by atoms with Crippen LogP contribution in [0.5, 0.6) is 23.0 Å². The Balaban J connectivity index is 1.14. The lowest BCUT2D eigenvalue weighted by atomic mass is 10.1. The number of halogens is 1. The lowest BCUT2D eigenvalue weighted by Crippen LogP contribution is -2.53. The zero-order valence-corrected chi connectivity index (χ0v) is 27.2. The summed E-state index contributed by atoms with van der Waals surface area (Å²) in [5.74, 6) is 1.99. The molecule has 3 aliphatic heterocycles. The molecular weight excluding hydrogens is 601 g/mol. The van der Waals surface area contributed by atoms with Crippen LogP contribution in [-0.4, -0.2) is 61.1 Å². The predicted molar refractivity (Wildman–Crippen MR) is 179 cm³/mol. The van der Waals surface area contributed by atoms with Crippen molar-refractivity contribution in [2.24, 2.45) is 4.99 Å². The van der Waals surface area contributed by atoms with E-state index in [9.17, 15) is 4.79 Å². The summed E-state index contributed by atoms with van der Waals surface area (Å²) in [6.45, 7) is 9.99. The van der Waals surface area contributed by atoms with E-state index >= 15 is 4.39 Å². The Morgan fingerprint density at radius 1 is 1.00 bits per heavy atom. The van der Waals surface area contributed by atoms with Crippen molar-refractivity contribution < 1.29 is 28.1 Å². The van der Waals surface area contributed by atoms with E-state index in [2.05, 4.69) is 20.5 Å². The molecule has 0 saturated carbocycles. The molecule has 0 aromatic heterocycles. The van der Waals surface area contributed by atoms with E-state index in [0.29, 0.717) is 42.0 Å². The topological polar surface area (TPSA) is 96.9 Å². The fraction of sp³-hybridized carbons (Fsp3) is 0.389. The van der Waals surface area contributed by atoms with Crippen molar-refractivity contribution in [3.8, 4) is 23.0 Å². The van der Waals surface area contributed by atoms with Gasteiger partial charge in [0, 0.05) is 31.0 Å². The van der Waals surface area contributed by atoms with E-state index in [4.69, 9.17) is 18.9 Å². The molecule has 10 nitrogen and oxygen atoms in total. The number of amides is 1. The number of carbonyl (C=O) groups is 1. The van der Waals surface area contributed by atoms with Gasteiger partial charge in [-0.1, -0.05) is 30.2 Å². The fourth-order valence-electron chi connectivity index (χ4n) is 6.19. The maximum Gasteiger partial charge on any atom is 0.414 e. The quantitative estimate of drug-likeness (QED) is 0.237. The van der Waals surface area contributed by atoms with Gasteiger partial charge in [0.2, 0.25) is 12.8 Å². The smallest absolute Gasteiger partial charge is 0.414 e. The summed E-state index contributed by atoms with van der Waals surface area (Å²) in [5.41, 5.74) is 4.21. The average molecular weight is 644 g/mol. The van der Waals surface area contributed by atoms with Crippen LogP contribution in [0.15, 0.2) is 65.8 Å². The van der Waals surface area contributed by atoms with Crippen molar-refractivity contribution in [2.75, 3.05) is 38.4 Å². The number of likely N-dealkylation sites (tertiary alicyclic amines) is 1. The summed E-state index contributed by atoms with van der Waals surface area (Å²) in [7, 11) is 0. The highest BCUT2D eigenvalue weighted by Crippen LogP contribution is 2.33. The minimum Gasteiger partial charge on any atom is -0.490 e. The third-order valence-corrected chi connectivity index (χ3v) is 8.44. The monoisotopic (exact) mass is 643 g/mol. The number of nitrogens with zero attached hydrogens (tertiary/aromatic N) is 3. The minimum absolute atomic E-state index is 0.164. The Kier molecular flexibility index (Phi) is 10.1. The van der Waals surface area contributed by atoms with E-state index in [1.165, 1.54) is 25.3 Å². The molecule has 0 spiro atoms. The lowest BCUT2D eigenvalue weighted by molar-refractivity contribution is 0.173. The first-order valence-corrected chi connectivity index (χ1v) is 16.2. The standard InChI is InChI=1S/C36H42FN5O5/c1-24-18-25(2)34(26(3)19-24)47-36(43)40-33-12-13-38-35(42(33)22-27-8-10-31-32(20-27)46-23-45-31)39-28-9-11-30(29(37)21-28)44-17-7-16-41-14-5-4-6-15-41/h8-13,18-21,33H,4-7,14-17,22-23H2,1-3H3,(H,38,39)(H,40,43). The highest BCUT2D eigenvalue weighted by Gasteiger charge is 2.27. The number of aryl methyl sites for hydroxylation is 3. The number of carbonyl (C=O) groups excluding carboxylic acids is 1. The van der Waals surface area contributed by atoms with E-state index in [0.717, 1.165) is 48.3 Å². The van der Waals surface area contributed by atoms with Crippen LogP contribution in [-0.2, 0) is 6.54 Å². The second-order valence-corrected chi connectivity index (χ2v) is 12.2. The van der Waals surface area contributed by atoms with Gasteiger partial charge in [0.1, 0.15) is 11.9 Å². The normalized spacial score (nSPS) is 17.3. The number of piperidine rings is 1. The Labute approximate surface area is 275 Å². The molecule has 6 rings (SSSR count). The number of hydrogen-bond donors (Lipinski definition) is 2. The Hall–Kier alpha value is -4.77. The van der Waals surface area contributed by atoms with Gasteiger partial charge < -0.3 is 34.1 Å². The molecule has 0 bridgehead atoms. The lowest BCUT2D eigenvalue weighted by Gasteiger charge is -2.35. The van der Waals surface area contributed by atoms with E-state index in [-0.39, 0.29) is 12.5 Å². The van der Waals surface area contributed by atoms with Gasteiger partial charge in [-0.3, -0.25) is 5.32 Å². The number of aliphatic imine (C=N–C) groups is 1. The molecule has 1 unspecified atom stereocenters. The molecule has 1 fully saturated rings. The first-order valence-electron chi connectivity index (χ1n) is 16.2. The molecule has 47 heavy (non-hydrogen) atoms. The molecule has 3 aromatic carbocycles. The second-order valence-electron chi connectivity index (χ2n) is 12.2. The van der Waals surface area contributed by atoms with E-state index in [1.807, 2.05) is 56.0 Å². The van der Waals surface area contributed by atoms with Gasteiger partial charge in [-0.25, -0.2) is 14.2 Å². The van der Waals surface area contributed by atoms with Crippen LogP contribution >= 0.6 is 0 Å². The summed E-state index contributed by atoms with van der Waals surface area (Å²) in [5, 5.41) is 6.18. The first kappa shape index (κ1) is 32.2. The van der Waals surface area contributed by atoms with Gasteiger partial charge in [0.15, 0.2) is 23.1 Å². The number of ether oxygens (including phenoxy) is 4. The molecule has 2 N–H and O–H groups in total. The van der Waals surface area contributed by atoms with Crippen LogP contribution in [0.3, 0.4) is 0 Å². The highest BCUT2D eigenvalue weighted by molar-refractivity contribution is 5.95. The Morgan fingerprint density at radius 2 is 1.79 bits per heavy atom. The zero-order valence-electron chi connectivity index (χ0n) is 27.2. The van der Waals surface area contributed by atoms with Crippen molar-refractivity contribution in [1.82, 2.24) is 15.1 Å². The van der Waals surface area contributed by atoms with Crippen molar-refractivity contribution in [3.05, 3.63) is 88.9 Å². The summed E-state index contributed by atoms with van der Waals surface area (Å²) in [4.78, 5) is 22.1. The second kappa shape index (κ2) is 14.8. The fourth-order valence-corrected chi connectivity index (χ4v) is 6.19. The van der Waals surface area contributed by atoms with Crippen molar-refractivity contribution in [3.63, 3.8) is 0 Å². The Bertz CT molecular complexity index is 1630. The number of rotatable bonds is 10. The van der Waals surface area contributed by atoms with Gasteiger partial charge in [-0.15, -0.1) is 0 Å². The molecule has 0 aliphatic carbocycles. The van der Waals surface area contributed by atoms with Gasteiger partial charge in [-0.2, -0.15) is 0 Å². The van der Waals surface area contributed by atoms with E-state index in [1.54, 1.807) is 24.4 Å². The molecular formula is C36H42FN5O5. The van der Waals surface area contributed by atoms with Crippen LogP contribution in [0.1, 0.15) is 47.9 Å². The third-order valence-electron chi connectivity index (χ3n) is 8.44. The predicted octanol–water partition coefficient (Wildman–Crippen LogP) is 6.65. The number of benzene rings is 3. The Morgan fingerprint density at radius 3 is 2.57 bits per heavy atom. The largest absolute Gasteiger partial charge is 0.490 e. The van der Waals surface area contributed by atoms with Gasteiger partial charge in [-0.05, 0) is 100 Å². The molecule has 11 heteroatoms. The SMILES string of the molecule is Cc1cc(C)c(OC(=O)NC2C=CN=C(Nc3ccc(OCCCN4CCCCC4)c(F)c3)N2Cc2ccc3c(c2)OCO3)c(C)c1. The molecule has 1 atom stereocenters. The summed E-state index contributed by atoms with van der Waals surface area (Å²) in [6, 6.07) is 14.4. The molecule has 3 heterocycles. The van der Waals surface area contributed by atoms with Crippen molar-refractivity contribution in [2.45, 2.75) is 59.2 Å². The summed E-state index contributed by atoms with van der Waals surface area (Å²) in [6.07, 6.45) is 6.74. The maximum atomic E-state index is 15.2. The van der Waals surface area contributed by atoms with E-state index < -0.39 is 18.1 Å². The first-order chi connectivity index (χ1) is 22.8. The minimum atomic E-state index is -0.633. The summed E-state index contributed by atoms with van der Waals surface area (Å²) >= 11 is 0. The summed E-state index contributed by atoms with van der Waals surface area (Å²) < 4.78 is 37.8. The molecule has 3 aromatic rings. The zero-order chi connectivity index (χ0) is 32.8. The van der Waals surface area contributed by atoms with Crippen LogP contribution in [0.2, 0.25) is 0 Å². The van der Waals surface area contributed by atoms with Gasteiger partial charge >= 0.3 is 6.09 Å².